The van der Waals surface area contributed by atoms with Crippen LogP contribution in [-0.2, 0) is 4.74 Å². The van der Waals surface area contributed by atoms with Crippen LogP contribution in [0.2, 0.25) is 0 Å². The highest BCUT2D eigenvalue weighted by Gasteiger charge is 2.20. The maximum absolute atomic E-state index is 11.5. The Hall–Kier alpha value is -1.23. The molecule has 82 valence electrons. The second kappa shape index (κ2) is 4.53. The number of carbonyl (C=O) groups is 1. The predicted octanol–water partition coefficient (Wildman–Crippen LogP) is 2.26. The van der Waals surface area contributed by atoms with E-state index in [1.165, 1.54) is 20.3 Å². The van der Waals surface area contributed by atoms with Crippen LogP contribution in [0.15, 0.2) is 10.5 Å². The van der Waals surface area contributed by atoms with E-state index < -0.39 is 5.97 Å². The predicted molar refractivity (Wildman–Crippen MR) is 58.4 cm³/mol. The van der Waals surface area contributed by atoms with Crippen LogP contribution in [0.5, 0.6) is 11.5 Å². The van der Waals surface area contributed by atoms with Crippen molar-refractivity contribution in [2.24, 2.45) is 0 Å². The number of methoxy groups -OCH3 is 2. The maximum atomic E-state index is 11.5. The molecule has 0 radical (unpaired) electrons. The van der Waals surface area contributed by atoms with Crippen molar-refractivity contribution in [1.29, 1.82) is 0 Å². The van der Waals surface area contributed by atoms with E-state index in [2.05, 4.69) is 20.7 Å². The molecule has 0 amide bonds. The van der Waals surface area contributed by atoms with Crippen LogP contribution < -0.4 is 4.74 Å². The van der Waals surface area contributed by atoms with Gasteiger partial charge >= 0.3 is 5.97 Å². The van der Waals surface area contributed by atoms with Crippen LogP contribution in [0.4, 0.5) is 0 Å². The normalized spacial score (nSPS) is 9.87. The summed E-state index contributed by atoms with van der Waals surface area (Å²) in [7, 11) is 2.72. The molecule has 0 aliphatic heterocycles. The van der Waals surface area contributed by atoms with Gasteiger partial charge in [0.2, 0.25) is 0 Å². The highest BCUT2D eigenvalue weighted by molar-refractivity contribution is 9.10. The molecule has 0 spiro atoms. The number of rotatable bonds is 2. The number of halogens is 1. The van der Waals surface area contributed by atoms with Crippen LogP contribution in [0.25, 0.3) is 0 Å². The molecule has 15 heavy (non-hydrogen) atoms. The second-order valence-electron chi connectivity index (χ2n) is 2.90. The van der Waals surface area contributed by atoms with Crippen molar-refractivity contribution in [3.63, 3.8) is 0 Å². The molecule has 0 aromatic heterocycles. The van der Waals surface area contributed by atoms with Crippen molar-refractivity contribution in [2.45, 2.75) is 6.92 Å². The van der Waals surface area contributed by atoms with Crippen LogP contribution >= 0.6 is 15.9 Å². The number of ether oxygens (including phenoxy) is 2. The molecular weight excluding hydrogens is 264 g/mol. The van der Waals surface area contributed by atoms with Crippen molar-refractivity contribution in [3.8, 4) is 11.5 Å². The van der Waals surface area contributed by atoms with E-state index in [1.807, 2.05) is 0 Å². The first-order valence-corrected chi connectivity index (χ1v) is 4.96. The first kappa shape index (κ1) is 11.8. The Balaban J connectivity index is 3.47. The highest BCUT2D eigenvalue weighted by atomic mass is 79.9. The Morgan fingerprint density at radius 2 is 2.07 bits per heavy atom. The molecule has 0 aliphatic rings. The molecule has 0 atom stereocenters. The third-order valence-corrected chi connectivity index (χ3v) is 3.05. The van der Waals surface area contributed by atoms with E-state index in [0.717, 1.165) is 0 Å². The molecule has 4 nitrogen and oxygen atoms in total. The van der Waals surface area contributed by atoms with Gasteiger partial charge in [-0.15, -0.1) is 0 Å². The van der Waals surface area contributed by atoms with Gasteiger partial charge in [0.05, 0.1) is 18.7 Å². The van der Waals surface area contributed by atoms with Crippen molar-refractivity contribution in [3.05, 3.63) is 21.7 Å². The van der Waals surface area contributed by atoms with Crippen LogP contribution in [0.1, 0.15) is 15.9 Å². The molecule has 0 aliphatic carbocycles. The van der Waals surface area contributed by atoms with Crippen molar-refractivity contribution in [1.82, 2.24) is 0 Å². The summed E-state index contributed by atoms with van der Waals surface area (Å²) in [4.78, 5) is 11.5. The Morgan fingerprint density at radius 1 is 1.47 bits per heavy atom. The summed E-state index contributed by atoms with van der Waals surface area (Å²) in [5.74, 6) is -0.179. The topological polar surface area (TPSA) is 55.8 Å². The summed E-state index contributed by atoms with van der Waals surface area (Å²) in [5, 5.41) is 9.51. The summed E-state index contributed by atoms with van der Waals surface area (Å²) >= 11 is 3.18. The summed E-state index contributed by atoms with van der Waals surface area (Å²) in [6.45, 7) is 1.69. The molecule has 1 aromatic rings. The lowest BCUT2D eigenvalue weighted by atomic mass is 10.1. The molecule has 0 bridgehead atoms. The summed E-state index contributed by atoms with van der Waals surface area (Å²) < 4.78 is 10.1. The first-order valence-electron chi connectivity index (χ1n) is 4.17. The number of phenols is 1. The largest absolute Gasteiger partial charge is 0.507 e. The van der Waals surface area contributed by atoms with Gasteiger partial charge in [-0.3, -0.25) is 0 Å². The fraction of sp³-hybridized carbons (Fsp3) is 0.300. The van der Waals surface area contributed by atoms with Gasteiger partial charge in [-0.2, -0.15) is 0 Å². The Bertz CT molecular complexity index is 401. The molecule has 0 heterocycles. The first-order chi connectivity index (χ1) is 7.02. The third-order valence-electron chi connectivity index (χ3n) is 2.05. The summed E-state index contributed by atoms with van der Waals surface area (Å²) in [5.41, 5.74) is 0.892. The number of hydrogen-bond donors (Lipinski definition) is 1. The minimum absolute atomic E-state index is 0.0250. The Kier molecular flexibility index (Phi) is 3.57. The van der Waals surface area contributed by atoms with E-state index in [0.29, 0.717) is 21.3 Å². The molecular formula is C10H11BrO4. The number of phenolic OH excluding ortho intramolecular Hbond substituents is 1. The Morgan fingerprint density at radius 3 is 2.53 bits per heavy atom. The molecule has 0 saturated heterocycles. The van der Waals surface area contributed by atoms with Gasteiger partial charge in [0.15, 0.2) is 0 Å². The van der Waals surface area contributed by atoms with Crippen LogP contribution in [-0.4, -0.2) is 25.3 Å². The molecule has 1 N–H and O–H groups in total. The van der Waals surface area contributed by atoms with E-state index in [9.17, 15) is 9.90 Å². The average Bonchev–Trinajstić information content (AvgIpc) is 2.24. The van der Waals surface area contributed by atoms with Gasteiger partial charge in [0.1, 0.15) is 17.1 Å². The number of carbonyl (C=O) groups excluding carboxylic acids is 1. The lowest BCUT2D eigenvalue weighted by Gasteiger charge is -2.12. The lowest BCUT2D eigenvalue weighted by molar-refractivity contribution is 0.0596. The molecule has 0 unspecified atom stereocenters. The monoisotopic (exact) mass is 274 g/mol. The average molecular weight is 275 g/mol. The zero-order valence-corrected chi connectivity index (χ0v) is 10.2. The molecule has 0 fully saturated rings. The van der Waals surface area contributed by atoms with Crippen molar-refractivity contribution in [2.75, 3.05) is 14.2 Å². The molecule has 0 saturated carbocycles. The number of aromatic hydroxyl groups is 1. The smallest absolute Gasteiger partial charge is 0.341 e. The van der Waals surface area contributed by atoms with Gasteiger partial charge in [-0.25, -0.2) is 4.79 Å². The SMILES string of the molecule is COC(=O)c1c(OC)cc(O)c(Br)c1C. The number of benzene rings is 1. The zero-order valence-electron chi connectivity index (χ0n) is 8.63. The van der Waals surface area contributed by atoms with Gasteiger partial charge in [-0.1, -0.05) is 0 Å². The van der Waals surface area contributed by atoms with E-state index in [1.54, 1.807) is 6.92 Å². The fourth-order valence-corrected chi connectivity index (χ4v) is 1.58. The summed E-state index contributed by atoms with van der Waals surface area (Å²) in [6, 6.07) is 1.36. The minimum Gasteiger partial charge on any atom is -0.507 e. The van der Waals surface area contributed by atoms with E-state index in [-0.39, 0.29) is 5.75 Å². The van der Waals surface area contributed by atoms with Gasteiger partial charge in [-0.05, 0) is 28.4 Å². The quantitative estimate of drug-likeness (QED) is 0.841. The van der Waals surface area contributed by atoms with Gasteiger partial charge in [0.25, 0.3) is 0 Å². The van der Waals surface area contributed by atoms with Crippen molar-refractivity contribution >= 4 is 21.9 Å². The van der Waals surface area contributed by atoms with Crippen molar-refractivity contribution < 1.29 is 19.4 Å². The molecule has 5 heteroatoms. The van der Waals surface area contributed by atoms with E-state index in [4.69, 9.17) is 4.74 Å². The standard InChI is InChI=1S/C10H11BrO4/c1-5-8(10(13)15-3)7(14-2)4-6(12)9(5)11/h4,12H,1-3H3. The second-order valence-corrected chi connectivity index (χ2v) is 3.70. The maximum Gasteiger partial charge on any atom is 0.341 e. The van der Waals surface area contributed by atoms with Crippen LogP contribution in [0, 0.1) is 6.92 Å². The van der Waals surface area contributed by atoms with Gasteiger partial charge < -0.3 is 14.6 Å². The fourth-order valence-electron chi connectivity index (χ4n) is 1.26. The summed E-state index contributed by atoms with van der Waals surface area (Å²) in [6.07, 6.45) is 0. The third kappa shape index (κ3) is 2.07. The lowest BCUT2D eigenvalue weighted by Crippen LogP contribution is -2.07. The Labute approximate surface area is 95.9 Å². The number of hydrogen-bond acceptors (Lipinski definition) is 4. The molecule has 1 aromatic carbocycles. The van der Waals surface area contributed by atoms with E-state index >= 15 is 0 Å². The highest BCUT2D eigenvalue weighted by Crippen LogP contribution is 2.36. The van der Waals surface area contributed by atoms with Crippen LogP contribution in [0.3, 0.4) is 0 Å². The minimum atomic E-state index is -0.495. The number of esters is 1. The zero-order chi connectivity index (χ0) is 11.6. The van der Waals surface area contributed by atoms with Gasteiger partial charge in [0, 0.05) is 6.07 Å². The molecule has 1 rings (SSSR count).